The van der Waals surface area contributed by atoms with Crippen molar-refractivity contribution < 1.29 is 19.1 Å². The van der Waals surface area contributed by atoms with Crippen LogP contribution in [0.1, 0.15) is 92.9 Å². The molecule has 0 saturated carbocycles. The van der Waals surface area contributed by atoms with Gasteiger partial charge in [0.1, 0.15) is 0 Å². The molecule has 0 amide bonds. The molecule has 1 saturated heterocycles. The van der Waals surface area contributed by atoms with Crippen molar-refractivity contribution in [2.75, 3.05) is 53.0 Å². The quantitative estimate of drug-likeness (QED) is 0.244. The molecule has 0 aromatic rings. The van der Waals surface area contributed by atoms with Crippen LogP contribution >= 0.6 is 0 Å². The Bertz CT molecular complexity index is 579. The number of ether oxygens (including phenoxy) is 2. The molecule has 0 aromatic heterocycles. The van der Waals surface area contributed by atoms with Gasteiger partial charge in [0.2, 0.25) is 0 Å². The minimum Gasteiger partial charge on any atom is -0.466 e. The minimum atomic E-state index is -0.0831. The smallest absolute Gasteiger partial charge is 0.307 e. The number of carbonyl (C=O) groups is 2. The van der Waals surface area contributed by atoms with Gasteiger partial charge >= 0.3 is 11.9 Å². The highest BCUT2D eigenvalue weighted by molar-refractivity contribution is 5.69. The van der Waals surface area contributed by atoms with Crippen LogP contribution in [-0.4, -0.2) is 74.7 Å². The zero-order chi connectivity index (χ0) is 25.6. The fourth-order valence-electron chi connectivity index (χ4n) is 4.25. The molecule has 1 rings (SSSR count). The molecule has 0 N–H and O–H groups in total. The van der Waals surface area contributed by atoms with E-state index in [1.54, 1.807) is 0 Å². The monoisotopic (exact) mass is 482 g/mol. The van der Waals surface area contributed by atoms with E-state index in [1.807, 2.05) is 0 Å². The van der Waals surface area contributed by atoms with Crippen molar-refractivity contribution in [3.8, 4) is 0 Å². The van der Waals surface area contributed by atoms with Crippen LogP contribution in [0.3, 0.4) is 0 Å². The Kier molecular flexibility index (Phi) is 15.0. The van der Waals surface area contributed by atoms with Gasteiger partial charge in [0.05, 0.1) is 26.1 Å². The second-order valence-electron chi connectivity index (χ2n) is 11.8. The molecular formula is C28H54N2O4. The highest BCUT2D eigenvalue weighted by Crippen LogP contribution is 2.26. The van der Waals surface area contributed by atoms with E-state index in [2.05, 4.69) is 58.4 Å². The summed E-state index contributed by atoms with van der Waals surface area (Å²) in [6, 6.07) is 0. The van der Waals surface area contributed by atoms with Crippen molar-refractivity contribution in [2.24, 2.45) is 23.2 Å². The van der Waals surface area contributed by atoms with Crippen LogP contribution in [0.15, 0.2) is 0 Å². The Balaban J connectivity index is 2.12. The number of nitrogens with zero attached hydrogens (tertiary/aromatic N) is 2. The summed E-state index contributed by atoms with van der Waals surface area (Å²) in [4.78, 5) is 28.6. The molecule has 0 spiro atoms. The third-order valence-electron chi connectivity index (χ3n) is 7.40. The topological polar surface area (TPSA) is 59.1 Å². The third-order valence-corrected chi connectivity index (χ3v) is 7.40. The molecule has 0 aromatic carbocycles. The molecule has 2 unspecified atom stereocenters. The molecule has 1 aliphatic heterocycles. The largest absolute Gasteiger partial charge is 0.466 e. The molecule has 1 aliphatic rings. The zero-order valence-electron chi connectivity index (χ0n) is 23.4. The zero-order valence-corrected chi connectivity index (χ0v) is 23.4. The van der Waals surface area contributed by atoms with Crippen molar-refractivity contribution in [2.45, 2.75) is 92.9 Å². The third kappa shape index (κ3) is 15.0. The van der Waals surface area contributed by atoms with Crippen LogP contribution in [0.2, 0.25) is 0 Å². The molecule has 1 heterocycles. The SMILES string of the molecule is CCC(C)(C)CCOC(=O)CCN1CCC(CC(C)CCN(C)CCC(=O)OCCC(C)C)C1. The summed E-state index contributed by atoms with van der Waals surface area (Å²) in [7, 11) is 2.09. The van der Waals surface area contributed by atoms with Gasteiger partial charge in [0.25, 0.3) is 0 Å². The van der Waals surface area contributed by atoms with Gasteiger partial charge in [-0.2, -0.15) is 0 Å². The number of likely N-dealkylation sites (tertiary alicyclic amines) is 1. The summed E-state index contributed by atoms with van der Waals surface area (Å²) in [6.45, 7) is 19.1. The average Bonchev–Trinajstić information content (AvgIpc) is 3.21. The lowest BCUT2D eigenvalue weighted by Crippen LogP contribution is -2.26. The second kappa shape index (κ2) is 16.5. The van der Waals surface area contributed by atoms with Gasteiger partial charge in [-0.1, -0.05) is 48.0 Å². The summed E-state index contributed by atoms with van der Waals surface area (Å²) < 4.78 is 10.7. The first kappa shape index (κ1) is 30.9. The summed E-state index contributed by atoms with van der Waals surface area (Å²) in [5, 5.41) is 0. The van der Waals surface area contributed by atoms with E-state index in [0.29, 0.717) is 37.9 Å². The van der Waals surface area contributed by atoms with Gasteiger partial charge in [-0.15, -0.1) is 0 Å². The van der Waals surface area contributed by atoms with E-state index in [-0.39, 0.29) is 17.4 Å². The van der Waals surface area contributed by atoms with Gasteiger partial charge in [-0.05, 0) is 75.4 Å². The molecular weight excluding hydrogens is 428 g/mol. The van der Waals surface area contributed by atoms with E-state index < -0.39 is 0 Å². The number of hydrogen-bond donors (Lipinski definition) is 0. The van der Waals surface area contributed by atoms with Crippen molar-refractivity contribution >= 4 is 11.9 Å². The van der Waals surface area contributed by atoms with Crippen molar-refractivity contribution in [1.82, 2.24) is 9.80 Å². The predicted octanol–water partition coefficient (Wildman–Crippen LogP) is 5.40. The van der Waals surface area contributed by atoms with Gasteiger partial charge in [0, 0.05) is 19.6 Å². The Morgan fingerprint density at radius 2 is 1.71 bits per heavy atom. The molecule has 1 fully saturated rings. The minimum absolute atomic E-state index is 0.0597. The normalized spacial score (nSPS) is 18.0. The van der Waals surface area contributed by atoms with E-state index in [1.165, 1.54) is 12.8 Å². The van der Waals surface area contributed by atoms with Crippen LogP contribution in [0, 0.1) is 23.2 Å². The number of hydrogen-bond acceptors (Lipinski definition) is 6. The number of rotatable bonds is 18. The molecule has 200 valence electrons. The maximum absolute atomic E-state index is 12.1. The van der Waals surface area contributed by atoms with Crippen LogP contribution < -0.4 is 0 Å². The van der Waals surface area contributed by atoms with Gasteiger partial charge in [0.15, 0.2) is 0 Å². The molecule has 6 heteroatoms. The second-order valence-corrected chi connectivity index (χ2v) is 11.8. The van der Waals surface area contributed by atoms with E-state index in [4.69, 9.17) is 9.47 Å². The predicted molar refractivity (Wildman–Crippen MR) is 140 cm³/mol. The van der Waals surface area contributed by atoms with Gasteiger partial charge < -0.3 is 19.3 Å². The Hall–Kier alpha value is -1.14. The van der Waals surface area contributed by atoms with E-state index in [9.17, 15) is 9.59 Å². The fourth-order valence-corrected chi connectivity index (χ4v) is 4.25. The fraction of sp³-hybridized carbons (Fsp3) is 0.929. The van der Waals surface area contributed by atoms with Crippen LogP contribution in [0.4, 0.5) is 0 Å². The summed E-state index contributed by atoms with van der Waals surface area (Å²) in [5.41, 5.74) is 0.243. The van der Waals surface area contributed by atoms with Gasteiger partial charge in [-0.25, -0.2) is 0 Å². The van der Waals surface area contributed by atoms with E-state index in [0.717, 1.165) is 64.3 Å². The number of esters is 2. The molecule has 34 heavy (non-hydrogen) atoms. The number of carbonyl (C=O) groups excluding carboxylic acids is 2. The average molecular weight is 483 g/mol. The Labute approximate surface area is 210 Å². The standard InChI is InChI=1S/C28H54N2O4/c1-8-28(5,6)14-20-34-27(32)12-18-30-17-10-25(22-30)21-24(4)9-15-29(7)16-11-26(31)33-19-13-23(2)3/h23-25H,8-22H2,1-7H3. The lowest BCUT2D eigenvalue weighted by molar-refractivity contribution is -0.145. The summed E-state index contributed by atoms with van der Waals surface area (Å²) >= 11 is 0. The van der Waals surface area contributed by atoms with E-state index >= 15 is 0 Å². The molecule has 0 aliphatic carbocycles. The Morgan fingerprint density at radius 1 is 1.03 bits per heavy atom. The van der Waals surface area contributed by atoms with Crippen LogP contribution in [-0.2, 0) is 19.1 Å². The lowest BCUT2D eigenvalue weighted by Gasteiger charge is -2.22. The maximum Gasteiger partial charge on any atom is 0.307 e. The van der Waals surface area contributed by atoms with Crippen molar-refractivity contribution in [3.63, 3.8) is 0 Å². The van der Waals surface area contributed by atoms with Crippen molar-refractivity contribution in [3.05, 3.63) is 0 Å². The molecule has 0 bridgehead atoms. The first-order valence-corrected chi connectivity index (χ1v) is 13.7. The first-order chi connectivity index (χ1) is 16.0. The Morgan fingerprint density at radius 3 is 2.38 bits per heavy atom. The molecule has 2 atom stereocenters. The highest BCUT2D eigenvalue weighted by atomic mass is 16.5. The van der Waals surface area contributed by atoms with Crippen LogP contribution in [0.5, 0.6) is 0 Å². The maximum atomic E-state index is 12.1. The lowest BCUT2D eigenvalue weighted by atomic mass is 9.87. The first-order valence-electron chi connectivity index (χ1n) is 13.7. The summed E-state index contributed by atoms with van der Waals surface area (Å²) in [5.74, 6) is 1.80. The van der Waals surface area contributed by atoms with Gasteiger partial charge in [-0.3, -0.25) is 9.59 Å². The molecule has 6 nitrogen and oxygen atoms in total. The highest BCUT2D eigenvalue weighted by Gasteiger charge is 2.24. The summed E-state index contributed by atoms with van der Waals surface area (Å²) in [6.07, 6.45) is 7.53. The molecule has 0 radical (unpaired) electrons. The van der Waals surface area contributed by atoms with Crippen LogP contribution in [0.25, 0.3) is 0 Å². The van der Waals surface area contributed by atoms with Crippen molar-refractivity contribution in [1.29, 1.82) is 0 Å².